The molecule has 0 bridgehead atoms. The summed E-state index contributed by atoms with van der Waals surface area (Å²) in [6.07, 6.45) is -0.192. The Labute approximate surface area is 131 Å². The third-order valence-electron chi connectivity index (χ3n) is 2.46. The smallest absolute Gasteiger partial charge is 0.390 e. The summed E-state index contributed by atoms with van der Waals surface area (Å²) in [5.41, 5.74) is -3.71. The van der Waals surface area contributed by atoms with E-state index in [1.165, 1.54) is 0 Å². The van der Waals surface area contributed by atoms with Crippen molar-refractivity contribution in [2.75, 3.05) is 7.11 Å². The zero-order valence-corrected chi connectivity index (χ0v) is 12.7. The Morgan fingerprint density at radius 2 is 1.52 bits per heavy atom. The number of rotatable bonds is 6. The molecule has 0 aliphatic carbocycles. The van der Waals surface area contributed by atoms with Crippen molar-refractivity contribution in [1.29, 1.82) is 0 Å². The van der Waals surface area contributed by atoms with Gasteiger partial charge in [0.15, 0.2) is 5.78 Å². The van der Waals surface area contributed by atoms with E-state index in [2.05, 4.69) is 16.3 Å². The summed E-state index contributed by atoms with van der Waals surface area (Å²) in [5.74, 6) is -16.2. The van der Waals surface area contributed by atoms with Gasteiger partial charge in [0.05, 0.1) is 7.11 Å². The number of ketones is 1. The number of halogens is 7. The first kappa shape index (κ1) is 21.3. The van der Waals surface area contributed by atoms with Crippen molar-refractivity contribution in [1.82, 2.24) is 0 Å². The molecule has 0 unspecified atom stereocenters. The number of allylic oxidation sites excluding steroid dienone is 2. The number of alkyl halides is 7. The number of ether oxygens (including phenoxy) is 1. The number of esters is 1. The lowest BCUT2D eigenvalue weighted by Crippen LogP contribution is -2.53. The zero-order chi connectivity index (χ0) is 18.8. The van der Waals surface area contributed by atoms with E-state index in [1.54, 1.807) is 0 Å². The van der Waals surface area contributed by atoms with Gasteiger partial charge < -0.3 is 9.84 Å². The lowest BCUT2D eigenvalue weighted by molar-refractivity contribution is -0.263. The van der Waals surface area contributed by atoms with Gasteiger partial charge in [0, 0.05) is 5.57 Å². The molecule has 0 spiro atoms. The lowest BCUT2D eigenvalue weighted by atomic mass is 9.92. The van der Waals surface area contributed by atoms with Gasteiger partial charge in [-0.05, 0) is 31.5 Å². The Morgan fingerprint density at radius 3 is 1.78 bits per heavy atom. The predicted molar refractivity (Wildman–Crippen MR) is 66.8 cm³/mol. The third-order valence-corrected chi connectivity index (χ3v) is 2.69. The third kappa shape index (κ3) is 4.18. The Balaban J connectivity index is 6.62. The molecule has 0 heterocycles. The number of carbonyl (C=O) groups excluding carboxylic acids is 2. The van der Waals surface area contributed by atoms with Crippen LogP contribution < -0.4 is 0 Å². The summed E-state index contributed by atoms with van der Waals surface area (Å²) < 4.78 is 84.0. The van der Waals surface area contributed by atoms with E-state index in [0.717, 1.165) is 0 Å². The van der Waals surface area contributed by atoms with Gasteiger partial charge in [0.25, 0.3) is 0 Å². The van der Waals surface area contributed by atoms with Crippen molar-refractivity contribution in [3.8, 4) is 0 Å². The van der Waals surface area contributed by atoms with Crippen LogP contribution in [0, 0.1) is 0 Å². The average Bonchev–Trinajstić information content (AvgIpc) is 2.34. The Bertz CT molecular complexity index is 558. The highest BCUT2D eigenvalue weighted by atomic mass is 35.5. The SMILES string of the molecule is COC(=O)C(=C(/C)O)/C(=C\C(C)=O)C(F)(F)C(F)(F)C(F)(F)Cl. The minimum Gasteiger partial charge on any atom is -0.512 e. The second-order valence-corrected chi connectivity index (χ2v) is 4.74. The van der Waals surface area contributed by atoms with Gasteiger partial charge >= 0.3 is 23.2 Å². The summed E-state index contributed by atoms with van der Waals surface area (Å²) >= 11 is 4.02. The second kappa shape index (κ2) is 6.81. The standard InChI is InChI=1S/C12H11ClF6O4/c1-5(20)4-7(8(6(2)21)9(22)23-3)10(14,15)11(16,17)12(13,18)19/h4,21H,1-3H3/b7-4+,8-6-. The molecular weight excluding hydrogens is 358 g/mol. The number of hydrogen-bond acceptors (Lipinski definition) is 4. The molecule has 0 rings (SSSR count). The van der Waals surface area contributed by atoms with Gasteiger partial charge in [-0.2, -0.15) is 26.3 Å². The van der Waals surface area contributed by atoms with Gasteiger partial charge in [-0.25, -0.2) is 4.79 Å². The average molecular weight is 369 g/mol. The molecule has 0 saturated heterocycles. The molecule has 0 aliphatic heterocycles. The molecule has 11 heteroatoms. The van der Waals surface area contributed by atoms with E-state index in [-0.39, 0.29) is 6.08 Å². The lowest BCUT2D eigenvalue weighted by Gasteiger charge is -2.31. The molecule has 0 aliphatic rings. The van der Waals surface area contributed by atoms with Gasteiger partial charge in [-0.15, -0.1) is 0 Å². The maximum atomic E-state index is 13.9. The van der Waals surface area contributed by atoms with Gasteiger partial charge in [-0.1, -0.05) is 0 Å². The van der Waals surface area contributed by atoms with Crippen LogP contribution in [-0.4, -0.2) is 41.2 Å². The van der Waals surface area contributed by atoms with Crippen molar-refractivity contribution < 1.29 is 45.8 Å². The number of aliphatic hydroxyl groups is 1. The first-order valence-corrected chi connectivity index (χ1v) is 6.02. The Kier molecular flexibility index (Phi) is 6.31. The Hall–Kier alpha value is -1.71. The van der Waals surface area contributed by atoms with Crippen molar-refractivity contribution >= 4 is 23.4 Å². The highest BCUT2D eigenvalue weighted by Gasteiger charge is 2.73. The van der Waals surface area contributed by atoms with E-state index < -0.39 is 45.9 Å². The van der Waals surface area contributed by atoms with E-state index in [1.807, 2.05) is 0 Å². The fourth-order valence-electron chi connectivity index (χ4n) is 1.42. The van der Waals surface area contributed by atoms with Gasteiger partial charge in [-0.3, -0.25) is 4.79 Å². The van der Waals surface area contributed by atoms with Crippen LogP contribution in [0.2, 0.25) is 0 Å². The molecule has 0 radical (unpaired) electrons. The summed E-state index contributed by atoms with van der Waals surface area (Å²) in [4.78, 5) is 22.4. The Morgan fingerprint density at radius 1 is 1.09 bits per heavy atom. The highest BCUT2D eigenvalue weighted by Crippen LogP contribution is 2.52. The monoisotopic (exact) mass is 368 g/mol. The number of methoxy groups -OCH3 is 1. The van der Waals surface area contributed by atoms with Crippen LogP contribution in [-0.2, 0) is 14.3 Å². The van der Waals surface area contributed by atoms with Crippen LogP contribution >= 0.6 is 11.6 Å². The van der Waals surface area contributed by atoms with Crippen molar-refractivity contribution in [2.45, 2.75) is 31.1 Å². The van der Waals surface area contributed by atoms with Crippen LogP contribution in [0.1, 0.15) is 13.8 Å². The van der Waals surface area contributed by atoms with E-state index in [0.29, 0.717) is 21.0 Å². The quantitative estimate of drug-likeness (QED) is 0.194. The molecule has 0 saturated carbocycles. The fraction of sp³-hybridized carbons (Fsp3) is 0.500. The first-order valence-electron chi connectivity index (χ1n) is 5.64. The van der Waals surface area contributed by atoms with E-state index in [4.69, 9.17) is 0 Å². The van der Waals surface area contributed by atoms with E-state index in [9.17, 15) is 41.0 Å². The largest absolute Gasteiger partial charge is 0.512 e. The highest BCUT2D eigenvalue weighted by molar-refractivity contribution is 6.22. The van der Waals surface area contributed by atoms with Crippen LogP contribution in [0.5, 0.6) is 0 Å². The molecule has 132 valence electrons. The second-order valence-electron chi connectivity index (χ2n) is 4.27. The minimum atomic E-state index is -6.18. The van der Waals surface area contributed by atoms with Crippen LogP contribution in [0.15, 0.2) is 23.0 Å². The van der Waals surface area contributed by atoms with Crippen molar-refractivity contribution in [3.63, 3.8) is 0 Å². The molecule has 0 fully saturated rings. The van der Waals surface area contributed by atoms with Crippen LogP contribution in [0.25, 0.3) is 0 Å². The molecule has 23 heavy (non-hydrogen) atoms. The summed E-state index contributed by atoms with van der Waals surface area (Å²) in [6.45, 7) is 1.27. The summed E-state index contributed by atoms with van der Waals surface area (Å²) in [7, 11) is 0.656. The van der Waals surface area contributed by atoms with Crippen LogP contribution in [0.4, 0.5) is 26.3 Å². The molecule has 0 aromatic carbocycles. The maximum Gasteiger partial charge on any atom is 0.390 e. The number of hydrogen-bond donors (Lipinski definition) is 1. The zero-order valence-electron chi connectivity index (χ0n) is 11.9. The van der Waals surface area contributed by atoms with Gasteiger partial charge in [0.1, 0.15) is 11.3 Å². The molecule has 0 aromatic rings. The molecule has 0 atom stereocenters. The molecule has 4 nitrogen and oxygen atoms in total. The number of carbonyl (C=O) groups is 2. The van der Waals surface area contributed by atoms with Gasteiger partial charge in [0.2, 0.25) is 0 Å². The van der Waals surface area contributed by atoms with Crippen LogP contribution in [0.3, 0.4) is 0 Å². The van der Waals surface area contributed by atoms with E-state index >= 15 is 0 Å². The maximum absolute atomic E-state index is 13.9. The predicted octanol–water partition coefficient (Wildman–Crippen LogP) is 3.61. The minimum absolute atomic E-state index is 0.192. The normalized spacial score (nSPS) is 15.1. The van der Waals surface area contributed by atoms with Crippen molar-refractivity contribution in [2.24, 2.45) is 0 Å². The molecule has 0 aromatic heterocycles. The molecule has 1 N–H and O–H groups in total. The fourth-order valence-corrected chi connectivity index (χ4v) is 1.54. The molecular formula is C12H11ClF6O4. The summed E-state index contributed by atoms with van der Waals surface area (Å²) in [5, 5.41) is 3.55. The summed E-state index contributed by atoms with van der Waals surface area (Å²) in [6, 6.07) is 0. The topological polar surface area (TPSA) is 63.6 Å². The first-order chi connectivity index (χ1) is 10.1. The van der Waals surface area contributed by atoms with Crippen molar-refractivity contribution in [3.05, 3.63) is 23.0 Å². The number of aliphatic hydroxyl groups excluding tert-OH is 1. The molecule has 0 amide bonds.